The molecule has 0 spiro atoms. The minimum Gasteiger partial charge on any atom is -0.357 e. The Labute approximate surface area is 157 Å². The molecule has 0 radical (unpaired) electrons. The first-order valence-electron chi connectivity index (χ1n) is 9.48. The zero-order chi connectivity index (χ0) is 19.2. The molecule has 2 aromatic rings. The molecule has 1 heterocycles. The molecular formula is C22H31N3O. The van der Waals surface area contributed by atoms with Gasteiger partial charge >= 0.3 is 0 Å². The number of hydrogen-bond acceptors (Lipinski definition) is 3. The van der Waals surface area contributed by atoms with Gasteiger partial charge in [0.25, 0.3) is 5.91 Å². The number of amides is 1. The van der Waals surface area contributed by atoms with Gasteiger partial charge in [-0.05, 0) is 48.1 Å². The first-order valence-corrected chi connectivity index (χ1v) is 9.48. The first-order chi connectivity index (χ1) is 12.3. The maximum absolute atomic E-state index is 12.4. The number of benzene rings is 1. The highest BCUT2D eigenvalue weighted by Crippen LogP contribution is 2.22. The second kappa shape index (κ2) is 8.84. The third-order valence-corrected chi connectivity index (χ3v) is 4.33. The molecule has 0 unspecified atom stereocenters. The van der Waals surface area contributed by atoms with Crippen molar-refractivity contribution in [2.75, 3.05) is 23.3 Å². The number of aromatic nitrogens is 1. The van der Waals surface area contributed by atoms with E-state index in [0.717, 1.165) is 31.7 Å². The van der Waals surface area contributed by atoms with Crippen molar-refractivity contribution in [1.29, 1.82) is 0 Å². The van der Waals surface area contributed by atoms with Gasteiger partial charge in [-0.2, -0.15) is 0 Å². The smallest absolute Gasteiger partial charge is 0.255 e. The minimum atomic E-state index is -0.112. The maximum Gasteiger partial charge on any atom is 0.255 e. The molecule has 26 heavy (non-hydrogen) atoms. The van der Waals surface area contributed by atoms with E-state index in [1.807, 2.05) is 36.4 Å². The zero-order valence-electron chi connectivity index (χ0n) is 16.7. The number of rotatable bonds is 7. The molecule has 0 atom stereocenters. The summed E-state index contributed by atoms with van der Waals surface area (Å²) in [5.74, 6) is 0.847. The molecule has 4 nitrogen and oxygen atoms in total. The molecule has 0 saturated heterocycles. The average molecular weight is 354 g/mol. The van der Waals surface area contributed by atoms with Crippen LogP contribution < -0.4 is 10.2 Å². The Morgan fingerprint density at radius 2 is 1.62 bits per heavy atom. The largest absolute Gasteiger partial charge is 0.357 e. The van der Waals surface area contributed by atoms with Gasteiger partial charge < -0.3 is 10.2 Å². The monoisotopic (exact) mass is 353 g/mol. The van der Waals surface area contributed by atoms with Crippen LogP contribution in [-0.4, -0.2) is 24.0 Å². The summed E-state index contributed by atoms with van der Waals surface area (Å²) >= 11 is 0. The SMILES string of the molecule is CCCN(CCC)c1ccc(NC(=O)c2ccc(C(C)(C)C)cc2)cn1. The van der Waals surface area contributed by atoms with Crippen LogP contribution in [0.5, 0.6) is 0 Å². The first kappa shape index (κ1) is 20.0. The van der Waals surface area contributed by atoms with E-state index in [9.17, 15) is 4.79 Å². The molecule has 1 aromatic carbocycles. The van der Waals surface area contributed by atoms with Gasteiger partial charge in [-0.25, -0.2) is 4.98 Å². The van der Waals surface area contributed by atoms with Crippen molar-refractivity contribution in [3.05, 3.63) is 53.7 Å². The van der Waals surface area contributed by atoms with E-state index in [2.05, 4.69) is 49.8 Å². The Kier molecular flexibility index (Phi) is 6.78. The van der Waals surface area contributed by atoms with E-state index in [0.29, 0.717) is 11.3 Å². The lowest BCUT2D eigenvalue weighted by atomic mass is 9.87. The third-order valence-electron chi connectivity index (χ3n) is 4.33. The number of carbonyl (C=O) groups excluding carboxylic acids is 1. The summed E-state index contributed by atoms with van der Waals surface area (Å²) in [6.45, 7) is 12.8. The third kappa shape index (κ3) is 5.32. The van der Waals surface area contributed by atoms with Crippen LogP contribution in [0.2, 0.25) is 0 Å². The molecule has 0 saturated carbocycles. The number of nitrogens with one attached hydrogen (secondary N) is 1. The normalized spacial score (nSPS) is 11.3. The molecule has 1 aromatic heterocycles. The fourth-order valence-electron chi connectivity index (χ4n) is 2.85. The zero-order valence-corrected chi connectivity index (χ0v) is 16.7. The average Bonchev–Trinajstić information content (AvgIpc) is 2.61. The highest BCUT2D eigenvalue weighted by atomic mass is 16.1. The minimum absolute atomic E-state index is 0.0810. The summed E-state index contributed by atoms with van der Waals surface area (Å²) in [5, 5.41) is 2.93. The second-order valence-electron chi connectivity index (χ2n) is 7.67. The van der Waals surface area contributed by atoms with Crippen LogP contribution in [0.3, 0.4) is 0 Å². The maximum atomic E-state index is 12.4. The van der Waals surface area contributed by atoms with Gasteiger partial charge in [0.15, 0.2) is 0 Å². The molecule has 0 bridgehead atoms. The Morgan fingerprint density at radius 3 is 2.08 bits per heavy atom. The van der Waals surface area contributed by atoms with Crippen molar-refractivity contribution >= 4 is 17.4 Å². The summed E-state index contributed by atoms with van der Waals surface area (Å²) in [4.78, 5) is 19.2. The van der Waals surface area contributed by atoms with Crippen LogP contribution in [0.4, 0.5) is 11.5 Å². The van der Waals surface area contributed by atoms with Crippen molar-refractivity contribution in [3.8, 4) is 0 Å². The fraction of sp³-hybridized carbons (Fsp3) is 0.455. The summed E-state index contributed by atoms with van der Waals surface area (Å²) in [7, 11) is 0. The standard InChI is InChI=1S/C22H31N3O/c1-6-14-25(15-7-2)20-13-12-19(16-23-20)24-21(26)17-8-10-18(11-9-17)22(3,4)5/h8-13,16H,6-7,14-15H2,1-5H3,(H,24,26). The van der Waals surface area contributed by atoms with E-state index < -0.39 is 0 Å². The van der Waals surface area contributed by atoms with Crippen molar-refractivity contribution in [2.24, 2.45) is 0 Å². The lowest BCUT2D eigenvalue weighted by molar-refractivity contribution is 0.102. The topological polar surface area (TPSA) is 45.2 Å². The molecule has 0 fully saturated rings. The van der Waals surface area contributed by atoms with Gasteiger partial charge in [0.1, 0.15) is 5.82 Å². The highest BCUT2D eigenvalue weighted by molar-refractivity contribution is 6.04. The lowest BCUT2D eigenvalue weighted by Crippen LogP contribution is -2.25. The number of pyridine rings is 1. The molecule has 1 amide bonds. The fourth-order valence-corrected chi connectivity index (χ4v) is 2.85. The molecule has 140 valence electrons. The summed E-state index contributed by atoms with van der Waals surface area (Å²) in [5.41, 5.74) is 2.66. The number of anilines is 2. The van der Waals surface area contributed by atoms with Crippen molar-refractivity contribution in [2.45, 2.75) is 52.9 Å². The van der Waals surface area contributed by atoms with Gasteiger partial charge in [0.2, 0.25) is 0 Å². The van der Waals surface area contributed by atoms with Crippen LogP contribution in [0.25, 0.3) is 0 Å². The van der Waals surface area contributed by atoms with E-state index >= 15 is 0 Å². The van der Waals surface area contributed by atoms with E-state index in [-0.39, 0.29) is 11.3 Å². The number of nitrogens with zero attached hydrogens (tertiary/aromatic N) is 2. The van der Waals surface area contributed by atoms with Gasteiger partial charge in [-0.3, -0.25) is 4.79 Å². The molecular weight excluding hydrogens is 322 g/mol. The Bertz CT molecular complexity index is 694. The predicted molar refractivity (Wildman–Crippen MR) is 110 cm³/mol. The van der Waals surface area contributed by atoms with Gasteiger partial charge in [0.05, 0.1) is 11.9 Å². The number of carbonyl (C=O) groups is 1. The van der Waals surface area contributed by atoms with Crippen molar-refractivity contribution in [3.63, 3.8) is 0 Å². The Balaban J connectivity index is 2.05. The van der Waals surface area contributed by atoms with Crippen LogP contribution in [0.1, 0.15) is 63.4 Å². The van der Waals surface area contributed by atoms with Crippen molar-refractivity contribution < 1.29 is 4.79 Å². The Hall–Kier alpha value is -2.36. The summed E-state index contributed by atoms with van der Waals surface area (Å²) in [6.07, 6.45) is 3.91. The predicted octanol–water partition coefficient (Wildman–Crippen LogP) is 5.26. The van der Waals surface area contributed by atoms with Gasteiger partial charge in [0, 0.05) is 18.7 Å². The van der Waals surface area contributed by atoms with Crippen LogP contribution in [-0.2, 0) is 5.41 Å². The summed E-state index contributed by atoms with van der Waals surface area (Å²) in [6, 6.07) is 11.7. The van der Waals surface area contributed by atoms with Crippen LogP contribution >= 0.6 is 0 Å². The molecule has 2 rings (SSSR count). The van der Waals surface area contributed by atoms with E-state index in [4.69, 9.17) is 0 Å². The van der Waals surface area contributed by atoms with E-state index in [1.54, 1.807) is 6.20 Å². The Morgan fingerprint density at radius 1 is 1.00 bits per heavy atom. The molecule has 0 aliphatic rings. The van der Waals surface area contributed by atoms with Gasteiger partial charge in [-0.15, -0.1) is 0 Å². The molecule has 0 aliphatic carbocycles. The van der Waals surface area contributed by atoms with Gasteiger partial charge in [-0.1, -0.05) is 46.8 Å². The lowest BCUT2D eigenvalue weighted by Gasteiger charge is -2.22. The van der Waals surface area contributed by atoms with Crippen molar-refractivity contribution in [1.82, 2.24) is 4.98 Å². The second-order valence-corrected chi connectivity index (χ2v) is 7.67. The summed E-state index contributed by atoms with van der Waals surface area (Å²) < 4.78 is 0. The molecule has 0 aliphatic heterocycles. The van der Waals surface area contributed by atoms with Crippen LogP contribution in [0.15, 0.2) is 42.6 Å². The number of hydrogen-bond donors (Lipinski definition) is 1. The van der Waals surface area contributed by atoms with E-state index in [1.165, 1.54) is 5.56 Å². The van der Waals surface area contributed by atoms with Crippen LogP contribution in [0, 0.1) is 0 Å². The quantitative estimate of drug-likeness (QED) is 0.738. The highest BCUT2D eigenvalue weighted by Gasteiger charge is 2.14. The molecule has 4 heteroatoms. The molecule has 1 N–H and O–H groups in total.